The van der Waals surface area contributed by atoms with Crippen LogP contribution in [-0.2, 0) is 16.0 Å². The van der Waals surface area contributed by atoms with Gasteiger partial charge in [0.15, 0.2) is 5.75 Å². The third-order valence-electron chi connectivity index (χ3n) is 2.73. The number of rotatable bonds is 7. The van der Waals surface area contributed by atoms with Crippen molar-refractivity contribution in [2.24, 2.45) is 5.73 Å². The highest BCUT2D eigenvalue weighted by Crippen LogP contribution is 2.30. The molecule has 114 valence electrons. The molecular weight excluding hydrogens is 282 g/mol. The zero-order valence-corrected chi connectivity index (χ0v) is 11.0. The van der Waals surface area contributed by atoms with Crippen LogP contribution in [0.4, 0.5) is 5.69 Å². The summed E-state index contributed by atoms with van der Waals surface area (Å²) in [5.41, 5.74) is 4.83. The molecule has 0 aliphatic carbocycles. The topological polar surface area (TPSA) is 156 Å². The first kappa shape index (κ1) is 16.4. The normalized spacial score (nSPS) is 11.7. The van der Waals surface area contributed by atoms with E-state index in [9.17, 15) is 24.8 Å². The fourth-order valence-electron chi connectivity index (χ4n) is 1.83. The number of nitrogens with zero attached hydrogens (tertiary/aromatic N) is 1. The maximum atomic E-state index is 11.3. The molecule has 0 spiro atoms. The minimum Gasteiger partial charge on any atom is -0.502 e. The molecule has 0 bridgehead atoms. The van der Waals surface area contributed by atoms with Crippen molar-refractivity contribution >= 4 is 17.6 Å². The molecule has 0 heterocycles. The fourth-order valence-corrected chi connectivity index (χ4v) is 1.83. The van der Waals surface area contributed by atoms with Gasteiger partial charge in [-0.3, -0.25) is 19.7 Å². The van der Waals surface area contributed by atoms with Crippen molar-refractivity contribution in [3.05, 3.63) is 33.9 Å². The van der Waals surface area contributed by atoms with Crippen molar-refractivity contribution in [2.75, 3.05) is 6.54 Å². The smallest absolute Gasteiger partial charge is 0.310 e. The third kappa shape index (κ3) is 4.73. The minimum atomic E-state index is -1.15. The Kier molecular flexibility index (Phi) is 5.61. The summed E-state index contributed by atoms with van der Waals surface area (Å²) in [6, 6.07) is 3.09. The SMILES string of the molecule is NCC(=O)NC(CC(=O)O)Cc1cccc([N+](=O)[O-])c1O. The van der Waals surface area contributed by atoms with E-state index in [1.807, 2.05) is 0 Å². The van der Waals surface area contributed by atoms with Crippen LogP contribution in [0.25, 0.3) is 0 Å². The van der Waals surface area contributed by atoms with E-state index < -0.39 is 40.7 Å². The second-order valence-corrected chi connectivity index (χ2v) is 4.31. The summed E-state index contributed by atoms with van der Waals surface area (Å²) in [6.45, 7) is -0.308. The number of phenols is 1. The Hall–Kier alpha value is -2.68. The predicted molar refractivity (Wildman–Crippen MR) is 71.7 cm³/mol. The molecule has 1 amide bonds. The number of carboxylic acid groups (broad SMARTS) is 1. The van der Waals surface area contributed by atoms with Gasteiger partial charge in [0.1, 0.15) is 0 Å². The number of amides is 1. The van der Waals surface area contributed by atoms with E-state index >= 15 is 0 Å². The lowest BCUT2D eigenvalue weighted by Gasteiger charge is -2.17. The Labute approximate surface area is 119 Å². The molecule has 1 aromatic rings. The first-order chi connectivity index (χ1) is 9.85. The lowest BCUT2D eigenvalue weighted by molar-refractivity contribution is -0.385. The molecule has 0 saturated carbocycles. The molecule has 0 aromatic heterocycles. The molecule has 1 atom stereocenters. The number of para-hydroxylation sites is 1. The predicted octanol–water partition coefficient (Wildman–Crippen LogP) is -0.239. The van der Waals surface area contributed by atoms with Gasteiger partial charge < -0.3 is 21.3 Å². The number of phenolic OH excluding ortho intramolecular Hbond substituents is 1. The van der Waals surface area contributed by atoms with Crippen LogP contribution in [0.3, 0.4) is 0 Å². The van der Waals surface area contributed by atoms with Crippen LogP contribution in [-0.4, -0.2) is 39.6 Å². The standard InChI is InChI=1S/C12H15N3O6/c13-6-10(16)14-8(5-11(17)18)4-7-2-1-3-9(12(7)19)15(20)21/h1-3,8,19H,4-6,13H2,(H,14,16)(H,17,18). The number of hydrogen-bond donors (Lipinski definition) is 4. The molecule has 0 aliphatic rings. The number of aliphatic carboxylic acids is 1. The second-order valence-electron chi connectivity index (χ2n) is 4.31. The number of nitrogens with one attached hydrogen (secondary N) is 1. The van der Waals surface area contributed by atoms with Crippen LogP contribution in [0.2, 0.25) is 0 Å². The van der Waals surface area contributed by atoms with Gasteiger partial charge in [0, 0.05) is 17.7 Å². The third-order valence-corrected chi connectivity index (χ3v) is 2.73. The van der Waals surface area contributed by atoms with E-state index in [2.05, 4.69) is 5.32 Å². The number of carbonyl (C=O) groups is 2. The van der Waals surface area contributed by atoms with Gasteiger partial charge in [0.05, 0.1) is 17.9 Å². The molecule has 21 heavy (non-hydrogen) atoms. The van der Waals surface area contributed by atoms with Crippen LogP contribution >= 0.6 is 0 Å². The molecule has 1 aromatic carbocycles. The van der Waals surface area contributed by atoms with Crippen molar-refractivity contribution in [3.8, 4) is 5.75 Å². The first-order valence-electron chi connectivity index (χ1n) is 6.01. The molecule has 0 fully saturated rings. The highest BCUT2D eigenvalue weighted by Gasteiger charge is 2.21. The molecule has 1 rings (SSSR count). The van der Waals surface area contributed by atoms with E-state index in [4.69, 9.17) is 10.8 Å². The number of benzene rings is 1. The van der Waals surface area contributed by atoms with Crippen LogP contribution in [0.15, 0.2) is 18.2 Å². The Bertz CT molecular complexity index is 560. The van der Waals surface area contributed by atoms with E-state index in [0.717, 1.165) is 6.07 Å². The largest absolute Gasteiger partial charge is 0.502 e. The molecule has 5 N–H and O–H groups in total. The quantitative estimate of drug-likeness (QED) is 0.399. The van der Waals surface area contributed by atoms with Crippen molar-refractivity contribution < 1.29 is 24.7 Å². The van der Waals surface area contributed by atoms with Gasteiger partial charge in [-0.05, 0) is 6.42 Å². The number of aromatic hydroxyl groups is 1. The minimum absolute atomic E-state index is 0.0639. The fraction of sp³-hybridized carbons (Fsp3) is 0.333. The average Bonchev–Trinajstić information content (AvgIpc) is 2.39. The number of nitro groups is 1. The molecule has 9 heteroatoms. The summed E-state index contributed by atoms with van der Waals surface area (Å²) in [4.78, 5) is 32.0. The van der Waals surface area contributed by atoms with Gasteiger partial charge in [0.2, 0.25) is 5.91 Å². The summed E-state index contributed by atoms with van der Waals surface area (Å²) in [5.74, 6) is -2.24. The summed E-state index contributed by atoms with van der Waals surface area (Å²) in [7, 11) is 0. The molecule has 0 aliphatic heterocycles. The number of nitrogens with two attached hydrogens (primary N) is 1. The Balaban J connectivity index is 2.97. The van der Waals surface area contributed by atoms with Gasteiger partial charge in [-0.25, -0.2) is 0 Å². The van der Waals surface area contributed by atoms with E-state index in [0.29, 0.717) is 0 Å². The Morgan fingerprint density at radius 2 is 2.10 bits per heavy atom. The van der Waals surface area contributed by atoms with Gasteiger partial charge >= 0.3 is 11.7 Å². The highest BCUT2D eigenvalue weighted by atomic mass is 16.6. The van der Waals surface area contributed by atoms with Gasteiger partial charge in [0.25, 0.3) is 0 Å². The van der Waals surface area contributed by atoms with Crippen LogP contribution in [0.1, 0.15) is 12.0 Å². The van der Waals surface area contributed by atoms with E-state index in [1.165, 1.54) is 12.1 Å². The summed E-state index contributed by atoms with van der Waals surface area (Å²) >= 11 is 0. The Morgan fingerprint density at radius 3 is 2.62 bits per heavy atom. The average molecular weight is 297 g/mol. The lowest BCUT2D eigenvalue weighted by Crippen LogP contribution is -2.41. The maximum absolute atomic E-state index is 11.3. The summed E-state index contributed by atoms with van der Waals surface area (Å²) < 4.78 is 0. The van der Waals surface area contributed by atoms with Crippen LogP contribution in [0, 0.1) is 10.1 Å². The second kappa shape index (κ2) is 7.20. The van der Waals surface area contributed by atoms with Crippen molar-refractivity contribution in [2.45, 2.75) is 18.9 Å². The van der Waals surface area contributed by atoms with Crippen LogP contribution < -0.4 is 11.1 Å². The molecule has 1 unspecified atom stereocenters. The van der Waals surface area contributed by atoms with E-state index in [-0.39, 0.29) is 18.5 Å². The van der Waals surface area contributed by atoms with Gasteiger partial charge in [-0.15, -0.1) is 0 Å². The highest BCUT2D eigenvalue weighted by molar-refractivity contribution is 5.79. The lowest BCUT2D eigenvalue weighted by atomic mass is 10.0. The molecular formula is C12H15N3O6. The van der Waals surface area contributed by atoms with Crippen molar-refractivity contribution in [1.82, 2.24) is 5.32 Å². The van der Waals surface area contributed by atoms with E-state index in [1.54, 1.807) is 0 Å². The molecule has 0 radical (unpaired) electrons. The zero-order chi connectivity index (χ0) is 16.0. The summed E-state index contributed by atoms with van der Waals surface area (Å²) in [6.07, 6.45) is -0.459. The van der Waals surface area contributed by atoms with Crippen molar-refractivity contribution in [1.29, 1.82) is 0 Å². The van der Waals surface area contributed by atoms with Crippen molar-refractivity contribution in [3.63, 3.8) is 0 Å². The molecule has 0 saturated heterocycles. The number of carboxylic acids is 1. The molecule has 9 nitrogen and oxygen atoms in total. The van der Waals surface area contributed by atoms with Gasteiger partial charge in [-0.2, -0.15) is 0 Å². The first-order valence-corrected chi connectivity index (χ1v) is 6.01. The summed E-state index contributed by atoms with van der Waals surface area (Å²) in [5, 5.41) is 31.7. The zero-order valence-electron chi connectivity index (χ0n) is 11.0. The number of carbonyl (C=O) groups excluding carboxylic acids is 1. The number of hydrogen-bond acceptors (Lipinski definition) is 6. The number of nitro benzene ring substituents is 1. The monoisotopic (exact) mass is 297 g/mol. The Morgan fingerprint density at radius 1 is 1.43 bits per heavy atom. The maximum Gasteiger partial charge on any atom is 0.310 e. The van der Waals surface area contributed by atoms with Gasteiger partial charge in [-0.1, -0.05) is 12.1 Å². The van der Waals surface area contributed by atoms with Crippen LogP contribution in [0.5, 0.6) is 5.75 Å².